The van der Waals surface area contributed by atoms with E-state index in [1.54, 1.807) is 24.3 Å². The van der Waals surface area contributed by atoms with Crippen molar-refractivity contribution in [1.29, 1.82) is 0 Å². The molecule has 0 saturated heterocycles. The summed E-state index contributed by atoms with van der Waals surface area (Å²) in [5.74, 6) is -0.636. The quantitative estimate of drug-likeness (QED) is 0.470. The molecule has 0 aliphatic carbocycles. The molecule has 0 bridgehead atoms. The van der Waals surface area contributed by atoms with Crippen LogP contribution in [0, 0.1) is 0 Å². The number of phenols is 1. The average Bonchev–Trinajstić information content (AvgIpc) is 2.52. The van der Waals surface area contributed by atoms with Gasteiger partial charge >= 0.3 is 35.6 Å². The van der Waals surface area contributed by atoms with Crippen molar-refractivity contribution >= 4 is 84.5 Å². The van der Waals surface area contributed by atoms with Gasteiger partial charge < -0.3 is 15.7 Å². The Kier molecular flexibility index (Phi) is 8.40. The Morgan fingerprint density at radius 2 is 1.69 bits per heavy atom. The molecule has 7 nitrogen and oxygen atoms in total. The molecule has 2 aromatic carbocycles. The zero-order valence-electron chi connectivity index (χ0n) is 13.2. The summed E-state index contributed by atoms with van der Waals surface area (Å²) in [6, 6.07) is 8.89. The molecule has 0 aliphatic rings. The molecule has 0 aliphatic heterocycles. The van der Waals surface area contributed by atoms with Gasteiger partial charge in [-0.05, 0) is 40.2 Å². The molecule has 2 aromatic rings. The summed E-state index contributed by atoms with van der Waals surface area (Å²) in [6.45, 7) is 0. The van der Waals surface area contributed by atoms with Gasteiger partial charge in [-0.3, -0.25) is 0 Å². The van der Waals surface area contributed by atoms with Crippen molar-refractivity contribution in [2.75, 3.05) is 24.7 Å². The molecular formula is C15H16BrClN3NaO4S. The number of amides is 2. The van der Waals surface area contributed by atoms with Crippen LogP contribution in [-0.2, 0) is 10.0 Å². The number of nitrogens with zero attached hydrogens (tertiary/aromatic N) is 1. The topological polar surface area (TPSA) is 98.7 Å². The molecule has 26 heavy (non-hydrogen) atoms. The van der Waals surface area contributed by atoms with E-state index in [1.807, 2.05) is 0 Å². The van der Waals surface area contributed by atoms with Crippen LogP contribution in [0.4, 0.5) is 16.2 Å². The fourth-order valence-corrected chi connectivity index (χ4v) is 3.78. The summed E-state index contributed by atoms with van der Waals surface area (Å²) < 4.78 is 26.2. The van der Waals surface area contributed by atoms with Gasteiger partial charge in [-0.15, -0.1) is 0 Å². The van der Waals surface area contributed by atoms with E-state index in [2.05, 4.69) is 26.6 Å². The van der Waals surface area contributed by atoms with Crippen molar-refractivity contribution in [3.63, 3.8) is 0 Å². The number of halogens is 2. The van der Waals surface area contributed by atoms with Crippen molar-refractivity contribution in [3.8, 4) is 5.75 Å². The molecule has 0 spiro atoms. The van der Waals surface area contributed by atoms with Crippen LogP contribution in [0.3, 0.4) is 0 Å². The Morgan fingerprint density at radius 1 is 1.12 bits per heavy atom. The molecule has 2 amide bonds. The minimum absolute atomic E-state index is 0. The third kappa shape index (κ3) is 5.13. The maximum atomic E-state index is 12.3. The van der Waals surface area contributed by atoms with Gasteiger partial charge in [0.25, 0.3) is 0 Å². The molecule has 0 saturated carbocycles. The predicted octanol–water partition coefficient (Wildman–Crippen LogP) is 3.05. The Labute approximate surface area is 187 Å². The molecule has 3 N–H and O–H groups in total. The second-order valence-electron chi connectivity index (χ2n) is 5.12. The average molecular weight is 473 g/mol. The summed E-state index contributed by atoms with van der Waals surface area (Å²) in [4.78, 5) is 11.6. The normalized spacial score (nSPS) is 11.0. The van der Waals surface area contributed by atoms with Gasteiger partial charge in [0.05, 0.1) is 16.4 Å². The summed E-state index contributed by atoms with van der Waals surface area (Å²) in [6.07, 6.45) is 0. The number of aromatic hydroxyl groups is 1. The van der Waals surface area contributed by atoms with Crippen molar-refractivity contribution in [2.45, 2.75) is 4.90 Å². The van der Waals surface area contributed by atoms with Crippen molar-refractivity contribution < 1.29 is 18.3 Å². The van der Waals surface area contributed by atoms with Gasteiger partial charge in [0, 0.05) is 18.6 Å². The van der Waals surface area contributed by atoms with E-state index >= 15 is 0 Å². The number of benzene rings is 2. The maximum absolute atomic E-state index is 12.3. The van der Waals surface area contributed by atoms with Crippen LogP contribution in [0.2, 0.25) is 5.02 Å². The Morgan fingerprint density at radius 3 is 2.27 bits per heavy atom. The molecule has 136 valence electrons. The van der Waals surface area contributed by atoms with Gasteiger partial charge in [0.15, 0.2) is 5.75 Å². The predicted molar refractivity (Wildman–Crippen MR) is 108 cm³/mol. The first-order valence-corrected chi connectivity index (χ1v) is 9.52. The van der Waals surface area contributed by atoms with Crippen LogP contribution in [0.5, 0.6) is 5.75 Å². The number of anilines is 2. The Balaban J connectivity index is 0.00000338. The zero-order chi connectivity index (χ0) is 18.8. The Bertz CT molecular complexity index is 925. The molecule has 0 aromatic heterocycles. The third-order valence-corrected chi connectivity index (χ3v) is 6.20. The molecule has 0 atom stereocenters. The first kappa shape index (κ1) is 23.2. The van der Waals surface area contributed by atoms with E-state index < -0.39 is 26.7 Å². The van der Waals surface area contributed by atoms with Crippen LogP contribution < -0.4 is 10.6 Å². The summed E-state index contributed by atoms with van der Waals surface area (Å²) in [5.41, 5.74) is 0.420. The third-order valence-electron chi connectivity index (χ3n) is 3.19. The fourth-order valence-electron chi connectivity index (χ4n) is 1.91. The number of sulfonamides is 1. The summed E-state index contributed by atoms with van der Waals surface area (Å²) in [5, 5.41) is 15.1. The van der Waals surface area contributed by atoms with Gasteiger partial charge in [0.2, 0.25) is 10.0 Å². The van der Waals surface area contributed by atoms with Gasteiger partial charge in [0.1, 0.15) is 4.90 Å². The molecule has 2 rings (SSSR count). The van der Waals surface area contributed by atoms with Gasteiger partial charge in [-0.25, -0.2) is 17.5 Å². The van der Waals surface area contributed by atoms with E-state index in [1.165, 1.54) is 26.2 Å². The molecule has 11 heteroatoms. The number of phenolic OH excluding ortho intramolecular Hbond substituents is 1. The number of hydrogen-bond donors (Lipinski definition) is 3. The standard InChI is InChI=1S/C15H15BrClN3O4S.Na.H/c1-20(2)25(23,24)14-10(17)7-8-12(13(14)21)19-15(22)18-11-6-4-3-5-9(11)16;;/h3-8,21H,1-2H3,(H2,18,19,22);;. The number of rotatable bonds is 4. The Hall–Kier alpha value is -0.810. The number of hydrogen-bond acceptors (Lipinski definition) is 4. The van der Waals surface area contributed by atoms with E-state index in [0.29, 0.717) is 10.2 Å². The van der Waals surface area contributed by atoms with Gasteiger partial charge in [-0.2, -0.15) is 0 Å². The van der Waals surface area contributed by atoms with E-state index in [-0.39, 0.29) is 40.3 Å². The minimum atomic E-state index is -3.99. The van der Waals surface area contributed by atoms with Crippen LogP contribution >= 0.6 is 27.5 Å². The van der Waals surface area contributed by atoms with Crippen molar-refractivity contribution in [3.05, 3.63) is 45.9 Å². The van der Waals surface area contributed by atoms with Gasteiger partial charge in [-0.1, -0.05) is 23.7 Å². The number of carbonyl (C=O) groups is 1. The summed E-state index contributed by atoms with van der Waals surface area (Å²) in [7, 11) is -1.37. The molecule has 0 fully saturated rings. The first-order chi connectivity index (χ1) is 11.6. The van der Waals surface area contributed by atoms with Crippen LogP contribution in [0.25, 0.3) is 0 Å². The number of urea groups is 1. The molecule has 0 unspecified atom stereocenters. The monoisotopic (exact) mass is 471 g/mol. The fraction of sp³-hybridized carbons (Fsp3) is 0.133. The first-order valence-electron chi connectivity index (χ1n) is 6.91. The van der Waals surface area contributed by atoms with Crippen LogP contribution in [0.1, 0.15) is 0 Å². The summed E-state index contributed by atoms with van der Waals surface area (Å²) >= 11 is 9.21. The molecular weight excluding hydrogens is 457 g/mol. The van der Waals surface area contributed by atoms with E-state index in [0.717, 1.165) is 4.31 Å². The van der Waals surface area contributed by atoms with E-state index in [9.17, 15) is 18.3 Å². The SMILES string of the molecule is CN(C)S(=O)(=O)c1c(Cl)ccc(NC(=O)Nc2ccccc2Br)c1O.[NaH]. The number of para-hydroxylation sites is 1. The number of nitrogens with one attached hydrogen (secondary N) is 2. The van der Waals surface area contributed by atoms with E-state index in [4.69, 9.17) is 11.6 Å². The van der Waals surface area contributed by atoms with Crippen LogP contribution in [-0.4, -0.2) is 67.5 Å². The van der Waals surface area contributed by atoms with Crippen molar-refractivity contribution in [1.82, 2.24) is 4.31 Å². The second kappa shape index (κ2) is 9.41. The van der Waals surface area contributed by atoms with Crippen LogP contribution in [0.15, 0.2) is 45.8 Å². The molecule has 0 heterocycles. The zero-order valence-corrected chi connectivity index (χ0v) is 16.4. The van der Waals surface area contributed by atoms with Crippen molar-refractivity contribution in [2.24, 2.45) is 0 Å². The second-order valence-corrected chi connectivity index (χ2v) is 8.47. The number of carbonyl (C=O) groups excluding carboxylic acids is 1. The molecule has 0 radical (unpaired) electrons.